The summed E-state index contributed by atoms with van der Waals surface area (Å²) >= 11 is 12.1. The lowest BCUT2D eigenvalue weighted by Gasteiger charge is -2.18. The predicted molar refractivity (Wildman–Crippen MR) is 124 cm³/mol. The third kappa shape index (κ3) is 4.82. The molecular weight excluding hydrogens is 485 g/mol. The van der Waals surface area contributed by atoms with Crippen molar-refractivity contribution in [2.24, 2.45) is 0 Å². The fraction of sp³-hybridized carbons (Fsp3) is 0.227. The number of carbonyl (C=O) groups is 3. The van der Waals surface area contributed by atoms with Gasteiger partial charge in [-0.3, -0.25) is 14.2 Å². The fourth-order valence-electron chi connectivity index (χ4n) is 3.81. The number of carboxylic acids is 1. The first-order valence-corrected chi connectivity index (χ1v) is 11.0. The van der Waals surface area contributed by atoms with Gasteiger partial charge in [-0.2, -0.15) is 5.10 Å². The van der Waals surface area contributed by atoms with Crippen molar-refractivity contribution in [1.29, 1.82) is 0 Å². The number of fused-ring (bicyclic) bond motifs is 1. The molecule has 1 aromatic heterocycles. The number of rotatable bonds is 7. The maximum absolute atomic E-state index is 12.7. The number of hydrogen-bond acceptors (Lipinski definition) is 5. The van der Waals surface area contributed by atoms with E-state index in [9.17, 15) is 24.3 Å². The van der Waals surface area contributed by atoms with E-state index >= 15 is 0 Å². The second-order valence-electron chi connectivity index (χ2n) is 7.72. The molecule has 34 heavy (non-hydrogen) atoms. The Kier molecular flexibility index (Phi) is 6.71. The highest BCUT2D eigenvalue weighted by atomic mass is 35.5. The summed E-state index contributed by atoms with van der Waals surface area (Å²) in [5.74, 6) is -1.79. The Morgan fingerprint density at radius 1 is 1.15 bits per heavy atom. The Bertz CT molecular complexity index is 1300. The smallest absolute Gasteiger partial charge is 0.344 e. The number of carboxylic acid groups (broad SMARTS) is 1. The Balaban J connectivity index is 1.41. The number of aromatic amines is 1. The van der Waals surface area contributed by atoms with Crippen molar-refractivity contribution >= 4 is 46.7 Å². The minimum Gasteiger partial charge on any atom is -0.480 e. The molecule has 0 spiro atoms. The Hall–Kier alpha value is -3.63. The van der Waals surface area contributed by atoms with Gasteiger partial charge >= 0.3 is 11.7 Å². The summed E-state index contributed by atoms with van der Waals surface area (Å²) < 4.78 is 1.25. The number of amides is 2. The van der Waals surface area contributed by atoms with E-state index in [0.29, 0.717) is 29.9 Å². The largest absolute Gasteiger partial charge is 0.480 e. The first kappa shape index (κ1) is 23.5. The predicted octanol–water partition coefficient (Wildman–Crippen LogP) is 2.43. The van der Waals surface area contributed by atoms with Crippen molar-refractivity contribution in [2.45, 2.75) is 31.3 Å². The summed E-state index contributed by atoms with van der Waals surface area (Å²) in [5, 5.41) is 21.4. The molecule has 12 heteroatoms. The van der Waals surface area contributed by atoms with Crippen LogP contribution in [0.1, 0.15) is 34.2 Å². The molecule has 1 aliphatic rings. The van der Waals surface area contributed by atoms with Gasteiger partial charge in [-0.05, 0) is 36.2 Å². The minimum atomic E-state index is -1.21. The molecule has 0 saturated heterocycles. The maximum Gasteiger partial charge on any atom is 0.344 e. The third-order valence-electron chi connectivity index (χ3n) is 5.49. The Morgan fingerprint density at radius 3 is 2.47 bits per heavy atom. The van der Waals surface area contributed by atoms with Crippen LogP contribution in [0.25, 0.3) is 0 Å². The fourth-order valence-corrected chi connectivity index (χ4v) is 4.38. The number of hydrogen-bond donors (Lipinski definition) is 4. The normalized spacial score (nSPS) is 15.4. The van der Waals surface area contributed by atoms with Crippen LogP contribution in [0, 0.1) is 0 Å². The molecule has 0 radical (unpaired) electrons. The number of aromatic nitrogens is 3. The lowest BCUT2D eigenvalue weighted by atomic mass is 10.0. The number of H-pyrrole nitrogens is 1. The summed E-state index contributed by atoms with van der Waals surface area (Å²) in [6.07, 6.45) is 0.820. The van der Waals surface area contributed by atoms with Gasteiger partial charge in [-0.25, -0.2) is 14.7 Å². The highest BCUT2D eigenvalue weighted by molar-refractivity contribution is 6.40. The Labute approximate surface area is 202 Å². The highest BCUT2D eigenvalue weighted by Crippen LogP contribution is 2.26. The molecule has 1 aliphatic heterocycles. The highest BCUT2D eigenvalue weighted by Gasteiger charge is 2.33. The van der Waals surface area contributed by atoms with Crippen molar-refractivity contribution < 1.29 is 19.5 Å². The van der Waals surface area contributed by atoms with Crippen LogP contribution in [0.5, 0.6) is 0 Å². The molecule has 4 rings (SSSR count). The maximum atomic E-state index is 12.7. The quantitative estimate of drug-likeness (QED) is 0.389. The molecule has 2 aromatic carbocycles. The molecule has 0 saturated carbocycles. The monoisotopic (exact) mass is 503 g/mol. The molecule has 2 heterocycles. The number of halogens is 2. The molecule has 0 bridgehead atoms. The number of nitrogens with zero attached hydrogens (tertiary/aromatic N) is 2. The van der Waals surface area contributed by atoms with E-state index in [1.807, 2.05) is 0 Å². The first-order chi connectivity index (χ1) is 16.2. The van der Waals surface area contributed by atoms with Crippen molar-refractivity contribution in [3.63, 3.8) is 0 Å². The van der Waals surface area contributed by atoms with E-state index in [2.05, 4.69) is 20.8 Å². The molecule has 2 amide bonds. The molecule has 2 atom stereocenters. The molecule has 3 aromatic rings. The van der Waals surface area contributed by atoms with E-state index < -0.39 is 35.6 Å². The third-order valence-corrected chi connectivity index (χ3v) is 6.12. The van der Waals surface area contributed by atoms with Crippen LogP contribution in [0.4, 0.5) is 5.69 Å². The zero-order valence-corrected chi connectivity index (χ0v) is 19.1. The molecule has 176 valence electrons. The van der Waals surface area contributed by atoms with Crippen molar-refractivity contribution in [1.82, 2.24) is 20.1 Å². The van der Waals surface area contributed by atoms with Crippen LogP contribution in [0.2, 0.25) is 10.0 Å². The second-order valence-corrected chi connectivity index (χ2v) is 8.54. The second kappa shape index (κ2) is 9.70. The Morgan fingerprint density at radius 2 is 1.82 bits per heavy atom. The summed E-state index contributed by atoms with van der Waals surface area (Å²) in [7, 11) is 0. The number of aryl methyl sites for hydroxylation is 1. The lowest BCUT2D eigenvalue weighted by Crippen LogP contribution is -2.45. The standard InChI is InChI=1S/C22H19Cl2N5O5/c23-13-2-1-3-14(24)18(13)20(31)25-12-6-4-11(5-7-12)10-15(21(32)33)26-19(30)16-8-9-17-27-28-22(34)29(16)17/h1-7,15-16H,8-10H2,(H,25,31)(H,26,30)(H,28,34)(H,32,33). The summed E-state index contributed by atoms with van der Waals surface area (Å²) in [5.41, 5.74) is 0.720. The van der Waals surface area contributed by atoms with Gasteiger partial charge in [0, 0.05) is 18.5 Å². The van der Waals surface area contributed by atoms with Gasteiger partial charge in [0.15, 0.2) is 0 Å². The van der Waals surface area contributed by atoms with Gasteiger partial charge in [-0.1, -0.05) is 41.4 Å². The van der Waals surface area contributed by atoms with Crippen LogP contribution >= 0.6 is 23.2 Å². The molecule has 2 unspecified atom stereocenters. The number of anilines is 1. The average molecular weight is 504 g/mol. The van der Waals surface area contributed by atoms with E-state index in [1.165, 1.54) is 4.57 Å². The van der Waals surface area contributed by atoms with Gasteiger partial charge in [0.25, 0.3) is 5.91 Å². The molecule has 10 nitrogen and oxygen atoms in total. The van der Waals surface area contributed by atoms with E-state index in [4.69, 9.17) is 23.2 Å². The van der Waals surface area contributed by atoms with E-state index in [1.54, 1.807) is 42.5 Å². The van der Waals surface area contributed by atoms with Crippen LogP contribution in [0.15, 0.2) is 47.3 Å². The molecule has 0 aliphatic carbocycles. The number of aliphatic carboxylic acids is 1. The van der Waals surface area contributed by atoms with Gasteiger partial charge in [0.2, 0.25) is 5.91 Å². The summed E-state index contributed by atoms with van der Waals surface area (Å²) in [4.78, 5) is 48.8. The summed E-state index contributed by atoms with van der Waals surface area (Å²) in [6.45, 7) is 0. The van der Waals surface area contributed by atoms with Crippen molar-refractivity contribution in [3.8, 4) is 0 Å². The topological polar surface area (TPSA) is 146 Å². The van der Waals surface area contributed by atoms with Gasteiger partial charge in [0.05, 0.1) is 15.6 Å². The average Bonchev–Trinajstić information content (AvgIpc) is 3.37. The van der Waals surface area contributed by atoms with E-state index in [0.717, 1.165) is 0 Å². The van der Waals surface area contributed by atoms with Gasteiger partial charge < -0.3 is 15.7 Å². The van der Waals surface area contributed by atoms with Crippen LogP contribution in [-0.2, 0) is 22.4 Å². The summed E-state index contributed by atoms with van der Waals surface area (Å²) in [6, 6.07) is 9.22. The van der Waals surface area contributed by atoms with Crippen LogP contribution in [-0.4, -0.2) is 43.7 Å². The SMILES string of the molecule is O=C(Nc1ccc(CC(NC(=O)C2CCc3n[nH]c(=O)n32)C(=O)O)cc1)c1c(Cl)cccc1Cl. The van der Waals surface area contributed by atoms with E-state index in [-0.39, 0.29) is 22.0 Å². The lowest BCUT2D eigenvalue weighted by molar-refractivity contribution is -0.142. The molecular formula is C22H19Cl2N5O5. The van der Waals surface area contributed by atoms with Gasteiger partial charge in [0.1, 0.15) is 17.9 Å². The zero-order chi connectivity index (χ0) is 24.4. The van der Waals surface area contributed by atoms with Crippen molar-refractivity contribution in [2.75, 3.05) is 5.32 Å². The number of carbonyl (C=O) groups excluding carboxylic acids is 2. The number of benzene rings is 2. The number of nitrogens with one attached hydrogen (secondary N) is 3. The minimum absolute atomic E-state index is 0.00546. The molecule has 4 N–H and O–H groups in total. The van der Waals surface area contributed by atoms with Gasteiger partial charge in [-0.15, -0.1) is 0 Å². The van der Waals surface area contributed by atoms with Crippen molar-refractivity contribution in [3.05, 3.63) is 79.9 Å². The zero-order valence-electron chi connectivity index (χ0n) is 17.5. The first-order valence-electron chi connectivity index (χ1n) is 10.3. The van der Waals surface area contributed by atoms with Crippen LogP contribution in [0.3, 0.4) is 0 Å². The molecule has 0 fully saturated rings. The van der Waals surface area contributed by atoms with Crippen LogP contribution < -0.4 is 16.3 Å².